The molecular weight excluding hydrogens is 432 g/mol. The number of benzene rings is 3. The van der Waals surface area contributed by atoms with E-state index in [1.807, 2.05) is 65.0 Å². The van der Waals surface area contributed by atoms with Crippen LogP contribution in [0.4, 0.5) is 5.69 Å². The molecule has 1 atom stereocenters. The average molecular weight is 465 g/mol. The van der Waals surface area contributed by atoms with Gasteiger partial charge in [-0.05, 0) is 86.7 Å². The molecule has 0 aliphatic carbocycles. The lowest BCUT2D eigenvalue weighted by molar-refractivity contribution is 0.0940. The van der Waals surface area contributed by atoms with E-state index in [1.165, 1.54) is 16.1 Å². The second-order valence-corrected chi connectivity index (χ2v) is 10.7. The van der Waals surface area contributed by atoms with E-state index in [1.54, 1.807) is 24.3 Å². The van der Waals surface area contributed by atoms with Crippen LogP contribution in [0.25, 0.3) is 0 Å². The van der Waals surface area contributed by atoms with E-state index in [2.05, 4.69) is 11.4 Å². The molecule has 174 valence electrons. The summed E-state index contributed by atoms with van der Waals surface area (Å²) < 4.78 is 26.3. The van der Waals surface area contributed by atoms with Crippen molar-refractivity contribution < 1.29 is 13.2 Å². The van der Waals surface area contributed by atoms with Gasteiger partial charge in [0.25, 0.3) is 5.91 Å². The SMILES string of the molecule is Cc1ccc([C@H](C)NC(=O)c2ccc(CN(c3ccc(C)c(C)c3)S(C)(=O)=O)cc2)c(C)c1. The first-order valence-corrected chi connectivity index (χ1v) is 12.8. The van der Waals surface area contributed by atoms with Gasteiger partial charge in [0.2, 0.25) is 10.0 Å². The first-order chi connectivity index (χ1) is 15.5. The molecule has 33 heavy (non-hydrogen) atoms. The summed E-state index contributed by atoms with van der Waals surface area (Å²) in [7, 11) is -3.47. The molecular formula is C27H32N2O3S. The lowest BCUT2D eigenvalue weighted by atomic mass is 10.00. The van der Waals surface area contributed by atoms with Crippen molar-refractivity contribution in [3.63, 3.8) is 0 Å². The van der Waals surface area contributed by atoms with E-state index in [0.717, 1.165) is 27.8 Å². The van der Waals surface area contributed by atoms with Crippen molar-refractivity contribution >= 4 is 21.6 Å². The number of hydrogen-bond donors (Lipinski definition) is 1. The van der Waals surface area contributed by atoms with Crippen molar-refractivity contribution in [2.24, 2.45) is 0 Å². The molecule has 1 N–H and O–H groups in total. The third kappa shape index (κ3) is 6.02. The van der Waals surface area contributed by atoms with Crippen molar-refractivity contribution in [1.29, 1.82) is 0 Å². The lowest BCUT2D eigenvalue weighted by Crippen LogP contribution is -2.29. The Bertz CT molecular complexity index is 1270. The number of anilines is 1. The highest BCUT2D eigenvalue weighted by atomic mass is 32.2. The third-order valence-corrected chi connectivity index (χ3v) is 7.10. The van der Waals surface area contributed by atoms with E-state index in [4.69, 9.17) is 0 Å². The van der Waals surface area contributed by atoms with Gasteiger partial charge in [-0.1, -0.05) is 42.0 Å². The first-order valence-electron chi connectivity index (χ1n) is 11.0. The zero-order valence-electron chi connectivity index (χ0n) is 20.1. The summed E-state index contributed by atoms with van der Waals surface area (Å²) >= 11 is 0. The summed E-state index contributed by atoms with van der Waals surface area (Å²) in [5, 5.41) is 3.05. The molecule has 0 bridgehead atoms. The van der Waals surface area contributed by atoms with Crippen LogP contribution in [-0.2, 0) is 16.6 Å². The summed E-state index contributed by atoms with van der Waals surface area (Å²) in [5.74, 6) is -0.164. The molecule has 0 saturated carbocycles. The van der Waals surface area contributed by atoms with Gasteiger partial charge in [0.05, 0.1) is 24.5 Å². The Kier molecular flexibility index (Phi) is 7.28. The summed E-state index contributed by atoms with van der Waals surface area (Å²) in [6.45, 7) is 10.2. The highest BCUT2D eigenvalue weighted by Crippen LogP contribution is 2.24. The molecule has 0 aliphatic rings. The fourth-order valence-corrected chi connectivity index (χ4v) is 4.76. The van der Waals surface area contributed by atoms with Crippen LogP contribution >= 0.6 is 0 Å². The minimum atomic E-state index is -3.47. The highest BCUT2D eigenvalue weighted by molar-refractivity contribution is 7.92. The molecule has 0 fully saturated rings. The molecule has 0 spiro atoms. The molecule has 0 aliphatic heterocycles. The fraction of sp³-hybridized carbons (Fsp3) is 0.296. The van der Waals surface area contributed by atoms with Gasteiger partial charge in [0.15, 0.2) is 0 Å². The summed E-state index contributed by atoms with van der Waals surface area (Å²) in [4.78, 5) is 12.8. The quantitative estimate of drug-likeness (QED) is 0.511. The van der Waals surface area contributed by atoms with Crippen LogP contribution in [0.5, 0.6) is 0 Å². The molecule has 3 aromatic carbocycles. The zero-order valence-corrected chi connectivity index (χ0v) is 21.0. The molecule has 0 unspecified atom stereocenters. The average Bonchev–Trinajstić information content (AvgIpc) is 2.73. The highest BCUT2D eigenvalue weighted by Gasteiger charge is 2.19. The van der Waals surface area contributed by atoms with Gasteiger partial charge in [0.1, 0.15) is 0 Å². The van der Waals surface area contributed by atoms with Crippen LogP contribution in [0.2, 0.25) is 0 Å². The molecule has 6 heteroatoms. The molecule has 0 heterocycles. The Hall–Kier alpha value is -3.12. The van der Waals surface area contributed by atoms with E-state index in [9.17, 15) is 13.2 Å². The molecule has 3 aromatic rings. The topological polar surface area (TPSA) is 66.5 Å². The van der Waals surface area contributed by atoms with Gasteiger partial charge < -0.3 is 5.32 Å². The van der Waals surface area contributed by atoms with Crippen LogP contribution in [0, 0.1) is 27.7 Å². The van der Waals surface area contributed by atoms with E-state index >= 15 is 0 Å². The fourth-order valence-electron chi connectivity index (χ4n) is 3.88. The van der Waals surface area contributed by atoms with Crippen LogP contribution in [0.15, 0.2) is 60.7 Å². The second kappa shape index (κ2) is 9.79. The summed E-state index contributed by atoms with van der Waals surface area (Å²) in [6.07, 6.45) is 1.21. The normalized spacial score (nSPS) is 12.3. The zero-order chi connectivity index (χ0) is 24.3. The van der Waals surface area contributed by atoms with Crippen molar-refractivity contribution in [3.05, 3.63) is 99.6 Å². The number of sulfonamides is 1. The number of carbonyl (C=O) groups is 1. The molecule has 0 aromatic heterocycles. The van der Waals surface area contributed by atoms with Gasteiger partial charge in [0, 0.05) is 5.56 Å². The van der Waals surface area contributed by atoms with Gasteiger partial charge in [-0.2, -0.15) is 0 Å². The number of aryl methyl sites for hydroxylation is 4. The van der Waals surface area contributed by atoms with Crippen molar-refractivity contribution in [1.82, 2.24) is 5.32 Å². The Morgan fingerprint density at radius 1 is 0.879 bits per heavy atom. The molecule has 3 rings (SSSR count). The minimum Gasteiger partial charge on any atom is -0.346 e. The number of amides is 1. The van der Waals surface area contributed by atoms with Gasteiger partial charge >= 0.3 is 0 Å². The summed E-state index contributed by atoms with van der Waals surface area (Å²) in [5.41, 5.74) is 7.53. The molecule has 0 saturated heterocycles. The maximum Gasteiger partial charge on any atom is 0.251 e. The van der Waals surface area contributed by atoms with E-state index < -0.39 is 10.0 Å². The maximum absolute atomic E-state index is 12.8. The van der Waals surface area contributed by atoms with Gasteiger partial charge in [-0.3, -0.25) is 9.10 Å². The van der Waals surface area contributed by atoms with E-state index in [-0.39, 0.29) is 18.5 Å². The molecule has 1 amide bonds. The van der Waals surface area contributed by atoms with Crippen LogP contribution < -0.4 is 9.62 Å². The molecule has 5 nitrogen and oxygen atoms in total. The Morgan fingerprint density at radius 2 is 1.55 bits per heavy atom. The van der Waals surface area contributed by atoms with Crippen LogP contribution in [-0.4, -0.2) is 20.6 Å². The third-order valence-electron chi connectivity index (χ3n) is 5.96. The number of nitrogens with one attached hydrogen (secondary N) is 1. The van der Waals surface area contributed by atoms with Crippen LogP contribution in [0.3, 0.4) is 0 Å². The van der Waals surface area contributed by atoms with E-state index in [0.29, 0.717) is 11.3 Å². The minimum absolute atomic E-state index is 0.122. The number of carbonyl (C=O) groups excluding carboxylic acids is 1. The number of nitrogens with zero attached hydrogens (tertiary/aromatic N) is 1. The van der Waals surface area contributed by atoms with Gasteiger partial charge in [-0.25, -0.2) is 8.42 Å². The Balaban J connectivity index is 1.75. The Morgan fingerprint density at radius 3 is 2.12 bits per heavy atom. The Labute approximate surface area is 197 Å². The monoisotopic (exact) mass is 464 g/mol. The van der Waals surface area contributed by atoms with Crippen molar-refractivity contribution in [3.8, 4) is 0 Å². The lowest BCUT2D eigenvalue weighted by Gasteiger charge is -2.23. The number of rotatable bonds is 7. The largest absolute Gasteiger partial charge is 0.346 e. The maximum atomic E-state index is 12.8. The smallest absolute Gasteiger partial charge is 0.251 e. The summed E-state index contributed by atoms with van der Waals surface area (Å²) in [6, 6.07) is 18.8. The first kappa shape index (κ1) is 24.5. The standard InChI is InChI=1S/C27H32N2O3S/c1-18-7-14-26(21(4)15-18)22(5)28-27(30)24-11-9-23(10-12-24)17-29(33(6,31)32)25-13-8-19(2)20(3)16-25/h7-16,22H,17H2,1-6H3,(H,28,30)/t22-/m0/s1. The van der Waals surface area contributed by atoms with Crippen molar-refractivity contribution in [2.45, 2.75) is 47.2 Å². The van der Waals surface area contributed by atoms with Gasteiger partial charge in [-0.15, -0.1) is 0 Å². The van der Waals surface area contributed by atoms with Crippen molar-refractivity contribution in [2.75, 3.05) is 10.6 Å². The van der Waals surface area contributed by atoms with Crippen LogP contribution in [0.1, 0.15) is 56.7 Å². The molecule has 0 radical (unpaired) electrons. The number of hydrogen-bond acceptors (Lipinski definition) is 3. The predicted molar refractivity (Wildman–Crippen MR) is 135 cm³/mol. The second-order valence-electron chi connectivity index (χ2n) is 8.79. The predicted octanol–water partition coefficient (Wildman–Crippen LogP) is 5.38.